The van der Waals surface area contributed by atoms with Gasteiger partial charge in [-0.15, -0.1) is 4.36 Å². The zero-order chi connectivity index (χ0) is 37.8. The van der Waals surface area contributed by atoms with Crippen LogP contribution in [0, 0.1) is 17.8 Å². The average Bonchev–Trinajstić information content (AvgIpc) is 3.55. The highest BCUT2D eigenvalue weighted by Crippen LogP contribution is 2.42. The van der Waals surface area contributed by atoms with Crippen molar-refractivity contribution in [1.82, 2.24) is 9.29 Å². The number of benzene rings is 2. The molecule has 11 nitrogen and oxygen atoms in total. The van der Waals surface area contributed by atoms with Gasteiger partial charge in [-0.2, -0.15) is 0 Å². The summed E-state index contributed by atoms with van der Waals surface area (Å²) in [5, 5.41) is 0.711. The third kappa shape index (κ3) is 8.89. The summed E-state index contributed by atoms with van der Waals surface area (Å²) in [4.78, 5) is 30.2. The number of ether oxygens (including phenoxy) is 4. The third-order valence-electron chi connectivity index (χ3n) is 11.1. The van der Waals surface area contributed by atoms with Crippen molar-refractivity contribution in [3.05, 3.63) is 93.8 Å². The zero-order valence-electron chi connectivity index (χ0n) is 31.3. The fourth-order valence-electron chi connectivity index (χ4n) is 8.11. The van der Waals surface area contributed by atoms with Crippen molar-refractivity contribution < 1.29 is 32.7 Å². The van der Waals surface area contributed by atoms with Crippen molar-refractivity contribution in [2.75, 3.05) is 44.6 Å². The lowest BCUT2D eigenvalue weighted by molar-refractivity contribution is -0.0382. The molecule has 1 fully saturated rings. The largest absolute Gasteiger partial charge is 0.491 e. The van der Waals surface area contributed by atoms with Crippen LogP contribution in [0.1, 0.15) is 76.6 Å². The third-order valence-corrected chi connectivity index (χ3v) is 13.3. The number of hydrogen-bond acceptors (Lipinski definition) is 8. The maximum Gasteiger partial charge on any atom is 0.286 e. The van der Waals surface area contributed by atoms with Gasteiger partial charge in [-0.3, -0.25) is 14.3 Å². The van der Waals surface area contributed by atoms with Gasteiger partial charge in [-0.1, -0.05) is 36.7 Å². The number of carbonyl (C=O) groups is 2. The van der Waals surface area contributed by atoms with Gasteiger partial charge in [0.25, 0.3) is 11.8 Å². The number of anilines is 1. The highest BCUT2D eigenvalue weighted by atomic mass is 35.5. The first-order valence-electron chi connectivity index (χ1n) is 19.0. The van der Waals surface area contributed by atoms with Gasteiger partial charge in [0.2, 0.25) is 0 Å². The van der Waals surface area contributed by atoms with Crippen molar-refractivity contribution in [2.45, 2.75) is 77.4 Å². The van der Waals surface area contributed by atoms with Crippen LogP contribution in [0.3, 0.4) is 0 Å². The molecule has 0 saturated heterocycles. The average molecular weight is 779 g/mol. The van der Waals surface area contributed by atoms with E-state index >= 15 is 0 Å². The van der Waals surface area contributed by atoms with E-state index in [1.807, 2.05) is 29.7 Å². The van der Waals surface area contributed by atoms with E-state index in [0.717, 1.165) is 50.0 Å². The fraction of sp³-hybridized carbons (Fsp3) is 0.512. The molecule has 3 aliphatic heterocycles. The Morgan fingerprint density at radius 3 is 2.76 bits per heavy atom. The number of methoxy groups -OCH3 is 2. The van der Waals surface area contributed by atoms with Crippen molar-refractivity contribution in [1.29, 1.82) is 0 Å². The number of allylic oxidation sites excluding steroid dienone is 1. The molecule has 2 bridgehead atoms. The van der Waals surface area contributed by atoms with Crippen LogP contribution in [0.2, 0.25) is 5.02 Å². The topological polar surface area (TPSA) is 121 Å². The lowest BCUT2D eigenvalue weighted by Crippen LogP contribution is -2.43. The standard InChI is InChI=1S/C41H51ClN4O7S/c1-27-7-6-9-38(51-3)36-14-11-31(36)21-46-20-30-10-13-33(42)17-28(30)8-4-5-16-52-39-15-12-29(19-37(39)46)40(47)43-54(49,26-27)44-41(48)32-18-34-24-53-35(25-50-2)23-45(34)22-32/h6,9-10,12-13,15,17-19,22,27,31,35-36,38H,4-5,7-8,11,14,16,20-21,23-26H2,1-3H3,(H,43,44,47,48,49)/b9-6+/t27-,31-,35+,36+,38-,54?/m0/s1. The lowest BCUT2D eigenvalue weighted by Gasteiger charge is -2.43. The van der Waals surface area contributed by atoms with Gasteiger partial charge in [0.15, 0.2) is 0 Å². The van der Waals surface area contributed by atoms with Gasteiger partial charge in [0, 0.05) is 49.8 Å². The second kappa shape index (κ2) is 17.0. The summed E-state index contributed by atoms with van der Waals surface area (Å²) < 4.78 is 47.3. The normalized spacial score (nSPS) is 28.1. The Balaban J connectivity index is 1.27. The Morgan fingerprint density at radius 1 is 1.09 bits per heavy atom. The van der Waals surface area contributed by atoms with E-state index in [2.05, 4.69) is 38.3 Å². The minimum Gasteiger partial charge on any atom is -0.491 e. The lowest BCUT2D eigenvalue weighted by atomic mass is 9.70. The Bertz CT molecular complexity index is 2010. The molecule has 1 saturated carbocycles. The van der Waals surface area contributed by atoms with E-state index in [4.69, 9.17) is 30.5 Å². The summed E-state index contributed by atoms with van der Waals surface area (Å²) in [5.74, 6) is -0.0428. The van der Waals surface area contributed by atoms with E-state index in [9.17, 15) is 13.8 Å². The van der Waals surface area contributed by atoms with Gasteiger partial charge in [-0.25, -0.2) is 4.21 Å². The smallest absolute Gasteiger partial charge is 0.286 e. The predicted octanol–water partition coefficient (Wildman–Crippen LogP) is 7.00. The molecule has 7 rings (SSSR count). The number of nitrogens with one attached hydrogen (secondary N) is 1. The molecule has 13 heteroatoms. The van der Waals surface area contributed by atoms with Crippen LogP contribution in [0.15, 0.2) is 65.2 Å². The maximum atomic E-state index is 14.7. The Kier molecular flexibility index (Phi) is 12.1. The second-order valence-electron chi connectivity index (χ2n) is 15.1. The number of amides is 2. The first-order chi connectivity index (χ1) is 26.1. The number of halogens is 1. The van der Waals surface area contributed by atoms with Gasteiger partial charge < -0.3 is 28.4 Å². The molecule has 4 heterocycles. The van der Waals surface area contributed by atoms with E-state index < -0.39 is 21.7 Å². The van der Waals surface area contributed by atoms with Gasteiger partial charge in [-0.05, 0) is 104 Å². The Morgan fingerprint density at radius 2 is 1.96 bits per heavy atom. The van der Waals surface area contributed by atoms with Crippen molar-refractivity contribution in [3.63, 3.8) is 0 Å². The second-order valence-corrected chi connectivity index (χ2v) is 17.6. The monoisotopic (exact) mass is 778 g/mol. The molecule has 54 heavy (non-hydrogen) atoms. The van der Waals surface area contributed by atoms with Crippen molar-refractivity contribution in [3.8, 4) is 5.75 Å². The molecule has 2 aromatic carbocycles. The SMILES string of the molecule is COC[C@H]1Cn2cc(C(=O)NS3(=O)=NC(=O)c4ccc5c(c4)N(Cc4ccc(Cl)cc4CCCCO5)C[C@@H]4CC[C@H]4[C@@H](OC)/C=C/C[C@H](C)C3)cc2CO1. The van der Waals surface area contributed by atoms with E-state index in [-0.39, 0.29) is 29.4 Å². The van der Waals surface area contributed by atoms with Crippen LogP contribution in [0.4, 0.5) is 5.69 Å². The number of hydrogen-bond donors (Lipinski definition) is 1. The number of rotatable bonds is 5. The van der Waals surface area contributed by atoms with Crippen LogP contribution in [0.25, 0.3) is 0 Å². The van der Waals surface area contributed by atoms with E-state index in [1.165, 1.54) is 11.1 Å². The molecule has 1 unspecified atom stereocenters. The van der Waals surface area contributed by atoms with Gasteiger partial charge in [0.05, 0.1) is 55.6 Å². The first-order valence-corrected chi connectivity index (χ1v) is 21.1. The zero-order valence-corrected chi connectivity index (χ0v) is 32.9. The van der Waals surface area contributed by atoms with Crippen LogP contribution in [-0.4, -0.2) is 72.5 Å². The molecule has 1 N–H and O–H groups in total. The van der Waals surface area contributed by atoms with E-state index in [1.54, 1.807) is 32.5 Å². The molecule has 1 aromatic heterocycles. The molecule has 0 radical (unpaired) electrons. The van der Waals surface area contributed by atoms with Crippen LogP contribution >= 0.6 is 11.6 Å². The van der Waals surface area contributed by atoms with Gasteiger partial charge >= 0.3 is 0 Å². The molecule has 4 aliphatic rings. The summed E-state index contributed by atoms with van der Waals surface area (Å²) >= 11 is 6.48. The first kappa shape index (κ1) is 38.6. The molecule has 2 amide bonds. The number of nitrogens with zero attached hydrogens (tertiary/aromatic N) is 3. The molecule has 6 atom stereocenters. The van der Waals surface area contributed by atoms with Crippen molar-refractivity contribution in [2.24, 2.45) is 22.1 Å². The number of carbonyl (C=O) groups excluding carboxylic acids is 2. The predicted molar refractivity (Wildman–Crippen MR) is 209 cm³/mol. The van der Waals surface area contributed by atoms with Crippen LogP contribution in [-0.2, 0) is 50.2 Å². The highest BCUT2D eigenvalue weighted by Gasteiger charge is 2.38. The highest BCUT2D eigenvalue weighted by molar-refractivity contribution is 7.92. The number of aromatic nitrogens is 1. The maximum absolute atomic E-state index is 14.7. The van der Waals surface area contributed by atoms with E-state index in [0.29, 0.717) is 67.5 Å². The fourth-order valence-corrected chi connectivity index (χ4v) is 10.2. The molecular formula is C41H51ClN4O7S. The van der Waals surface area contributed by atoms with Crippen LogP contribution in [0.5, 0.6) is 5.75 Å². The minimum atomic E-state index is -3.57. The summed E-state index contributed by atoms with van der Waals surface area (Å²) in [6.45, 7) is 5.09. The Hall–Kier alpha value is -3.68. The van der Waals surface area contributed by atoms with Crippen molar-refractivity contribution >= 4 is 39.0 Å². The quantitative estimate of drug-likeness (QED) is 0.275. The summed E-state index contributed by atoms with van der Waals surface area (Å²) in [6.07, 6.45) is 11.1. The molecule has 3 aromatic rings. The Labute approximate surface area is 323 Å². The molecule has 1 aliphatic carbocycles. The summed E-state index contributed by atoms with van der Waals surface area (Å²) in [5.41, 5.74) is 4.59. The molecule has 0 spiro atoms. The summed E-state index contributed by atoms with van der Waals surface area (Å²) in [7, 11) is -0.198. The number of fused-ring (bicyclic) bond motifs is 4. The molecule has 290 valence electrons. The summed E-state index contributed by atoms with van der Waals surface area (Å²) in [6, 6.07) is 13.1. The van der Waals surface area contributed by atoms with Crippen LogP contribution < -0.4 is 14.4 Å². The number of aryl methyl sites for hydroxylation is 1. The minimum absolute atomic E-state index is 0.00929. The van der Waals surface area contributed by atoms with Gasteiger partial charge in [0.1, 0.15) is 15.7 Å². The molecular weight excluding hydrogens is 728 g/mol.